The van der Waals surface area contributed by atoms with Gasteiger partial charge in [-0.2, -0.15) is 5.10 Å². The Balaban J connectivity index is 1.37. The molecule has 2 unspecified atom stereocenters. The van der Waals surface area contributed by atoms with Crippen LogP contribution in [0, 0.1) is 18.8 Å². The van der Waals surface area contributed by atoms with Crippen LogP contribution >= 0.6 is 11.6 Å². The highest BCUT2D eigenvalue weighted by atomic mass is 35.5. The van der Waals surface area contributed by atoms with Crippen LogP contribution < -0.4 is 10.1 Å². The Kier molecular flexibility index (Phi) is 7.42. The number of aryl methyl sites for hydroxylation is 2. The Labute approximate surface area is 222 Å². The van der Waals surface area contributed by atoms with Gasteiger partial charge in [0.2, 0.25) is 5.91 Å². The van der Waals surface area contributed by atoms with Crippen molar-refractivity contribution in [2.24, 2.45) is 18.9 Å². The van der Waals surface area contributed by atoms with E-state index >= 15 is 0 Å². The van der Waals surface area contributed by atoms with Gasteiger partial charge in [0.15, 0.2) is 0 Å². The number of aromatic nitrogens is 4. The third-order valence-corrected chi connectivity index (χ3v) is 7.58. The molecule has 3 aromatic heterocycles. The number of amides is 1. The molecule has 0 radical (unpaired) electrons. The second-order valence-corrected chi connectivity index (χ2v) is 10.4. The van der Waals surface area contributed by atoms with Gasteiger partial charge in [-0.15, -0.1) is 0 Å². The van der Waals surface area contributed by atoms with E-state index in [1.54, 1.807) is 18.6 Å². The van der Waals surface area contributed by atoms with Crippen LogP contribution in [0.1, 0.15) is 49.4 Å². The Morgan fingerprint density at radius 2 is 2.11 bits per heavy atom. The summed E-state index contributed by atoms with van der Waals surface area (Å²) in [5.41, 5.74) is 5.40. The fourth-order valence-electron chi connectivity index (χ4n) is 5.28. The van der Waals surface area contributed by atoms with Crippen molar-refractivity contribution in [1.29, 1.82) is 0 Å². The molecule has 0 spiro atoms. The Morgan fingerprint density at radius 1 is 1.24 bits per heavy atom. The zero-order chi connectivity index (χ0) is 25.9. The van der Waals surface area contributed by atoms with Crippen LogP contribution in [0.25, 0.3) is 22.2 Å². The molecular formula is C29H32ClN5O2. The van der Waals surface area contributed by atoms with Crippen LogP contribution in [0.15, 0.2) is 48.9 Å². The summed E-state index contributed by atoms with van der Waals surface area (Å²) in [5, 5.41) is 8.93. The van der Waals surface area contributed by atoms with Crippen LogP contribution in [-0.2, 0) is 25.0 Å². The minimum Gasteiger partial charge on any atom is -0.487 e. The molecule has 4 aromatic rings. The van der Waals surface area contributed by atoms with Gasteiger partial charge in [-0.25, -0.2) is 4.98 Å². The van der Waals surface area contributed by atoms with Gasteiger partial charge in [0, 0.05) is 60.3 Å². The number of fused-ring (bicyclic) bond motifs is 1. The minimum atomic E-state index is 0.0780. The van der Waals surface area contributed by atoms with Crippen molar-refractivity contribution in [2.75, 3.05) is 0 Å². The van der Waals surface area contributed by atoms with E-state index in [2.05, 4.69) is 28.4 Å². The second-order valence-electron chi connectivity index (χ2n) is 10.0. The van der Waals surface area contributed by atoms with Crippen LogP contribution in [0.4, 0.5) is 0 Å². The van der Waals surface area contributed by atoms with Gasteiger partial charge in [0.25, 0.3) is 0 Å². The molecule has 1 aliphatic rings. The number of pyridine rings is 2. The number of halogens is 1. The van der Waals surface area contributed by atoms with Crippen LogP contribution in [-0.4, -0.2) is 25.7 Å². The molecule has 1 N–H and O–H groups in total. The van der Waals surface area contributed by atoms with Crippen molar-refractivity contribution in [1.82, 2.24) is 25.1 Å². The third-order valence-electron chi connectivity index (χ3n) is 7.25. The average molecular weight is 518 g/mol. The fraction of sp³-hybridized carbons (Fsp3) is 0.379. The highest BCUT2D eigenvalue weighted by molar-refractivity contribution is 6.31. The summed E-state index contributed by atoms with van der Waals surface area (Å²) < 4.78 is 8.17. The lowest BCUT2D eigenvalue weighted by molar-refractivity contribution is -0.126. The predicted molar refractivity (Wildman–Crippen MR) is 145 cm³/mol. The summed E-state index contributed by atoms with van der Waals surface area (Å²) in [6.07, 6.45) is 9.37. The Morgan fingerprint density at radius 3 is 2.89 bits per heavy atom. The highest BCUT2D eigenvalue weighted by Gasteiger charge is 2.25. The number of ether oxygens (including phenoxy) is 1. The van der Waals surface area contributed by atoms with Crippen molar-refractivity contribution in [3.63, 3.8) is 0 Å². The first-order chi connectivity index (χ1) is 17.9. The van der Waals surface area contributed by atoms with Crippen molar-refractivity contribution in [3.05, 3.63) is 70.8 Å². The van der Waals surface area contributed by atoms with Gasteiger partial charge in [0.05, 0.1) is 10.7 Å². The van der Waals surface area contributed by atoms with Crippen molar-refractivity contribution in [2.45, 2.75) is 52.7 Å². The summed E-state index contributed by atoms with van der Waals surface area (Å²) in [5.74, 6) is 1.45. The lowest BCUT2D eigenvalue weighted by Crippen LogP contribution is -2.33. The summed E-state index contributed by atoms with van der Waals surface area (Å²) in [7, 11) is 1.93. The normalized spacial score (nSPS) is 17.6. The predicted octanol–water partition coefficient (Wildman–Crippen LogP) is 6.01. The molecule has 1 saturated carbocycles. The van der Waals surface area contributed by atoms with Crippen LogP contribution in [0.5, 0.6) is 5.75 Å². The van der Waals surface area contributed by atoms with Gasteiger partial charge >= 0.3 is 0 Å². The second kappa shape index (κ2) is 10.9. The zero-order valence-electron chi connectivity index (χ0n) is 21.5. The molecule has 1 fully saturated rings. The number of carbonyl (C=O) groups is 1. The summed E-state index contributed by atoms with van der Waals surface area (Å²) in [6.45, 7) is 4.80. The summed E-state index contributed by atoms with van der Waals surface area (Å²) in [6, 6.07) is 9.99. The maximum atomic E-state index is 12.8. The maximum Gasteiger partial charge on any atom is 0.223 e. The van der Waals surface area contributed by atoms with Gasteiger partial charge in [-0.05, 0) is 49.4 Å². The van der Waals surface area contributed by atoms with E-state index in [4.69, 9.17) is 21.3 Å². The molecule has 0 aliphatic heterocycles. The number of benzene rings is 1. The fourth-order valence-corrected chi connectivity index (χ4v) is 5.51. The SMILES string of the molecule is Cc1cc(-c2ccnn2C)c2cccc(OCc3c(Cl)cncc3CNC(=O)C3CCCC(C)C3)c2n1. The smallest absolute Gasteiger partial charge is 0.223 e. The molecule has 7 nitrogen and oxygen atoms in total. The monoisotopic (exact) mass is 517 g/mol. The zero-order valence-corrected chi connectivity index (χ0v) is 22.3. The summed E-state index contributed by atoms with van der Waals surface area (Å²) >= 11 is 6.55. The Hall–Kier alpha value is -3.45. The van der Waals surface area contributed by atoms with E-state index in [1.165, 1.54) is 6.42 Å². The Bertz CT molecular complexity index is 1430. The molecule has 8 heteroatoms. The molecule has 1 aromatic carbocycles. The standard InChI is InChI=1S/C29H32ClN5O2/c1-18-6-4-7-20(12-18)29(36)32-15-21-14-31-16-25(30)24(21)17-37-27-9-5-8-22-23(13-19(2)34-28(22)27)26-10-11-33-35(26)3/h5,8-11,13-14,16,18,20H,4,6-7,12,15,17H2,1-3H3,(H,32,36). The van der Waals surface area contributed by atoms with Gasteiger partial charge < -0.3 is 10.1 Å². The topological polar surface area (TPSA) is 81.9 Å². The van der Waals surface area contributed by atoms with E-state index in [1.807, 2.05) is 42.9 Å². The quantitative estimate of drug-likeness (QED) is 0.324. The number of hydrogen-bond acceptors (Lipinski definition) is 5. The van der Waals surface area contributed by atoms with E-state index in [9.17, 15) is 4.79 Å². The lowest BCUT2D eigenvalue weighted by atomic mass is 9.82. The summed E-state index contributed by atoms with van der Waals surface area (Å²) in [4.78, 5) is 21.9. The van der Waals surface area contributed by atoms with Crippen molar-refractivity contribution < 1.29 is 9.53 Å². The number of hydrogen-bond donors (Lipinski definition) is 1. The molecule has 3 heterocycles. The van der Waals surface area contributed by atoms with Crippen LogP contribution in [0.3, 0.4) is 0 Å². The number of para-hydroxylation sites is 1. The molecular weight excluding hydrogens is 486 g/mol. The van der Waals surface area contributed by atoms with Gasteiger partial charge in [-0.1, -0.05) is 43.5 Å². The molecule has 0 saturated heterocycles. The van der Waals surface area contributed by atoms with Crippen molar-refractivity contribution >= 4 is 28.4 Å². The van der Waals surface area contributed by atoms with E-state index in [0.29, 0.717) is 23.2 Å². The van der Waals surface area contributed by atoms with Gasteiger partial charge in [-0.3, -0.25) is 14.5 Å². The number of nitrogens with one attached hydrogen (secondary N) is 1. The van der Waals surface area contributed by atoms with E-state index < -0.39 is 0 Å². The minimum absolute atomic E-state index is 0.0780. The lowest BCUT2D eigenvalue weighted by Gasteiger charge is -2.26. The van der Waals surface area contributed by atoms with E-state index in [0.717, 1.165) is 58.2 Å². The molecule has 2 atom stereocenters. The van der Waals surface area contributed by atoms with Gasteiger partial charge in [0.1, 0.15) is 17.9 Å². The first-order valence-corrected chi connectivity index (χ1v) is 13.2. The largest absolute Gasteiger partial charge is 0.487 e. The highest BCUT2D eigenvalue weighted by Crippen LogP contribution is 2.34. The first-order valence-electron chi connectivity index (χ1n) is 12.8. The maximum absolute atomic E-state index is 12.8. The number of nitrogens with zero attached hydrogens (tertiary/aromatic N) is 4. The third kappa shape index (κ3) is 5.47. The van der Waals surface area contributed by atoms with Crippen LogP contribution in [0.2, 0.25) is 5.02 Å². The molecule has 37 heavy (non-hydrogen) atoms. The molecule has 192 valence electrons. The first kappa shape index (κ1) is 25.2. The van der Waals surface area contributed by atoms with Crippen molar-refractivity contribution in [3.8, 4) is 17.0 Å². The average Bonchev–Trinajstić information content (AvgIpc) is 3.32. The molecule has 0 bridgehead atoms. The molecule has 1 amide bonds. The number of rotatable bonds is 7. The number of carbonyl (C=O) groups excluding carboxylic acids is 1. The van der Waals surface area contributed by atoms with E-state index in [-0.39, 0.29) is 18.4 Å². The molecule has 1 aliphatic carbocycles. The molecule has 5 rings (SSSR count).